The second-order valence-electron chi connectivity index (χ2n) is 3.45. The van der Waals surface area contributed by atoms with E-state index in [0.717, 1.165) is 0 Å². The second kappa shape index (κ2) is 3.37. The maximum absolute atomic E-state index is 10.5. The third kappa shape index (κ3) is 5.39. The quantitative estimate of drug-likeness (QED) is 0.591. The first-order valence-corrected chi connectivity index (χ1v) is 3.40. The SMILES string of the molecule is CC(C)(CC(N)=O)CC(N)=O. The van der Waals surface area contributed by atoms with Crippen LogP contribution in [0.4, 0.5) is 0 Å². The van der Waals surface area contributed by atoms with E-state index in [2.05, 4.69) is 0 Å². The van der Waals surface area contributed by atoms with E-state index >= 15 is 0 Å². The number of amides is 2. The molecule has 11 heavy (non-hydrogen) atoms. The zero-order valence-corrected chi connectivity index (χ0v) is 6.89. The molecular weight excluding hydrogens is 144 g/mol. The molecule has 0 aromatic heterocycles. The van der Waals surface area contributed by atoms with Gasteiger partial charge in [0.05, 0.1) is 0 Å². The molecule has 0 atom stereocenters. The Labute approximate surface area is 65.9 Å². The molecule has 0 aliphatic rings. The maximum Gasteiger partial charge on any atom is 0.217 e. The smallest absolute Gasteiger partial charge is 0.217 e. The van der Waals surface area contributed by atoms with Gasteiger partial charge in [-0.25, -0.2) is 0 Å². The summed E-state index contributed by atoms with van der Waals surface area (Å²) in [6.07, 6.45) is 0.381. The van der Waals surface area contributed by atoms with E-state index in [4.69, 9.17) is 11.5 Å². The first-order chi connectivity index (χ1) is 4.83. The molecule has 0 saturated heterocycles. The van der Waals surface area contributed by atoms with Crippen LogP contribution in [0.2, 0.25) is 0 Å². The fourth-order valence-electron chi connectivity index (χ4n) is 1.01. The van der Waals surface area contributed by atoms with E-state index in [1.807, 2.05) is 0 Å². The van der Waals surface area contributed by atoms with Gasteiger partial charge in [-0.15, -0.1) is 0 Å². The van der Waals surface area contributed by atoms with Crippen molar-refractivity contribution in [3.63, 3.8) is 0 Å². The molecule has 0 spiro atoms. The van der Waals surface area contributed by atoms with Gasteiger partial charge in [-0.3, -0.25) is 9.59 Å². The Morgan fingerprint density at radius 3 is 1.55 bits per heavy atom. The van der Waals surface area contributed by atoms with Crippen molar-refractivity contribution in [3.8, 4) is 0 Å². The lowest BCUT2D eigenvalue weighted by molar-refractivity contribution is -0.122. The molecule has 0 rings (SSSR count). The van der Waals surface area contributed by atoms with Crippen LogP contribution in [0.1, 0.15) is 26.7 Å². The van der Waals surface area contributed by atoms with E-state index in [9.17, 15) is 9.59 Å². The van der Waals surface area contributed by atoms with Crippen LogP contribution in [-0.2, 0) is 9.59 Å². The van der Waals surface area contributed by atoms with E-state index in [0.29, 0.717) is 0 Å². The highest BCUT2D eigenvalue weighted by atomic mass is 16.1. The zero-order valence-electron chi connectivity index (χ0n) is 6.89. The summed E-state index contributed by atoms with van der Waals surface area (Å²) in [6, 6.07) is 0. The highest BCUT2D eigenvalue weighted by Crippen LogP contribution is 2.23. The summed E-state index contributed by atoms with van der Waals surface area (Å²) in [6.45, 7) is 3.56. The van der Waals surface area contributed by atoms with E-state index < -0.39 is 17.2 Å². The largest absolute Gasteiger partial charge is 0.370 e. The number of carbonyl (C=O) groups excluding carboxylic acids is 2. The maximum atomic E-state index is 10.5. The van der Waals surface area contributed by atoms with Crippen molar-refractivity contribution < 1.29 is 9.59 Å². The van der Waals surface area contributed by atoms with Crippen LogP contribution in [0, 0.1) is 5.41 Å². The molecule has 0 heterocycles. The molecule has 0 aliphatic heterocycles. The van der Waals surface area contributed by atoms with Crippen LogP contribution < -0.4 is 11.5 Å². The lowest BCUT2D eigenvalue weighted by Gasteiger charge is -2.20. The van der Waals surface area contributed by atoms with Gasteiger partial charge in [0.25, 0.3) is 0 Å². The Hall–Kier alpha value is -1.06. The third-order valence-electron chi connectivity index (χ3n) is 1.31. The summed E-state index contributed by atoms with van der Waals surface area (Å²) in [5.41, 5.74) is 9.52. The van der Waals surface area contributed by atoms with Crippen LogP contribution in [0.25, 0.3) is 0 Å². The molecule has 0 aromatic rings. The fraction of sp³-hybridized carbons (Fsp3) is 0.714. The molecule has 0 bridgehead atoms. The number of nitrogens with two attached hydrogens (primary N) is 2. The summed E-state index contributed by atoms with van der Waals surface area (Å²) in [5, 5.41) is 0. The van der Waals surface area contributed by atoms with Crippen molar-refractivity contribution in [3.05, 3.63) is 0 Å². The van der Waals surface area contributed by atoms with Crippen molar-refractivity contribution in [1.29, 1.82) is 0 Å². The number of primary amides is 2. The van der Waals surface area contributed by atoms with Crippen LogP contribution >= 0.6 is 0 Å². The first-order valence-electron chi connectivity index (χ1n) is 3.40. The van der Waals surface area contributed by atoms with Crippen molar-refractivity contribution in [2.24, 2.45) is 16.9 Å². The van der Waals surface area contributed by atoms with Gasteiger partial charge in [-0.2, -0.15) is 0 Å². The lowest BCUT2D eigenvalue weighted by Crippen LogP contribution is -2.27. The minimum Gasteiger partial charge on any atom is -0.370 e. The number of hydrogen-bond donors (Lipinski definition) is 2. The fourth-order valence-corrected chi connectivity index (χ4v) is 1.01. The molecule has 0 aliphatic carbocycles. The van der Waals surface area contributed by atoms with Gasteiger partial charge in [0, 0.05) is 12.8 Å². The van der Waals surface area contributed by atoms with Crippen molar-refractivity contribution in [2.45, 2.75) is 26.7 Å². The molecule has 4 N–H and O–H groups in total. The Morgan fingerprint density at radius 1 is 1.09 bits per heavy atom. The monoisotopic (exact) mass is 158 g/mol. The van der Waals surface area contributed by atoms with E-state index in [-0.39, 0.29) is 12.8 Å². The summed E-state index contributed by atoms with van der Waals surface area (Å²) < 4.78 is 0. The predicted octanol–water partition coefficient (Wildman–Crippen LogP) is -0.237. The molecular formula is C7H14N2O2. The van der Waals surface area contributed by atoms with Gasteiger partial charge in [-0.1, -0.05) is 13.8 Å². The minimum absolute atomic E-state index is 0.190. The summed E-state index contributed by atoms with van der Waals surface area (Å²) in [5.74, 6) is -0.812. The van der Waals surface area contributed by atoms with Crippen LogP contribution in [0.3, 0.4) is 0 Å². The Balaban J connectivity index is 3.99. The average Bonchev–Trinajstić information content (AvgIpc) is 1.53. The normalized spacial score (nSPS) is 11.1. The number of hydrogen-bond acceptors (Lipinski definition) is 2. The van der Waals surface area contributed by atoms with Gasteiger partial charge in [-0.05, 0) is 5.41 Å². The predicted molar refractivity (Wildman–Crippen MR) is 41.4 cm³/mol. The Morgan fingerprint density at radius 2 is 1.36 bits per heavy atom. The molecule has 0 saturated carbocycles. The van der Waals surface area contributed by atoms with Crippen LogP contribution in [0.15, 0.2) is 0 Å². The molecule has 4 heteroatoms. The molecule has 0 aromatic carbocycles. The molecule has 0 unspecified atom stereocenters. The molecule has 0 fully saturated rings. The first kappa shape index (κ1) is 9.94. The van der Waals surface area contributed by atoms with Crippen LogP contribution in [-0.4, -0.2) is 11.8 Å². The highest BCUT2D eigenvalue weighted by Gasteiger charge is 2.22. The highest BCUT2D eigenvalue weighted by molar-refractivity contribution is 5.78. The van der Waals surface area contributed by atoms with Gasteiger partial charge in [0.1, 0.15) is 0 Å². The average molecular weight is 158 g/mol. The summed E-state index contributed by atoms with van der Waals surface area (Å²) in [7, 11) is 0. The van der Waals surface area contributed by atoms with Crippen molar-refractivity contribution in [2.75, 3.05) is 0 Å². The lowest BCUT2D eigenvalue weighted by atomic mass is 9.85. The van der Waals surface area contributed by atoms with Crippen LogP contribution in [0.5, 0.6) is 0 Å². The van der Waals surface area contributed by atoms with Gasteiger partial charge < -0.3 is 11.5 Å². The number of carbonyl (C=O) groups is 2. The Kier molecular flexibility index (Phi) is 3.04. The third-order valence-corrected chi connectivity index (χ3v) is 1.31. The van der Waals surface area contributed by atoms with E-state index in [1.165, 1.54) is 0 Å². The summed E-state index contributed by atoms with van der Waals surface area (Å²) >= 11 is 0. The minimum atomic E-state index is -0.406. The van der Waals surface area contributed by atoms with Gasteiger partial charge >= 0.3 is 0 Å². The number of rotatable bonds is 4. The molecule has 2 amide bonds. The summed E-state index contributed by atoms with van der Waals surface area (Å²) in [4.78, 5) is 20.9. The van der Waals surface area contributed by atoms with Gasteiger partial charge in [0.2, 0.25) is 11.8 Å². The molecule has 4 nitrogen and oxygen atoms in total. The Bertz CT molecular complexity index is 157. The van der Waals surface area contributed by atoms with Crippen molar-refractivity contribution in [1.82, 2.24) is 0 Å². The van der Waals surface area contributed by atoms with Crippen molar-refractivity contribution >= 4 is 11.8 Å². The van der Waals surface area contributed by atoms with Gasteiger partial charge in [0.15, 0.2) is 0 Å². The standard InChI is InChI=1S/C7H14N2O2/c1-7(2,3-5(8)10)4-6(9)11/h3-4H2,1-2H3,(H2,8,10)(H2,9,11). The van der Waals surface area contributed by atoms with E-state index in [1.54, 1.807) is 13.8 Å². The molecule has 64 valence electrons. The zero-order chi connectivity index (χ0) is 9.07. The second-order valence-corrected chi connectivity index (χ2v) is 3.45. The topological polar surface area (TPSA) is 86.2 Å². The molecule has 0 radical (unpaired) electrons.